The monoisotopic (exact) mass is 457 g/mol. The number of halogens is 1. The van der Waals surface area contributed by atoms with Crippen molar-refractivity contribution in [3.8, 4) is 6.07 Å². The molecule has 0 unspecified atom stereocenters. The van der Waals surface area contributed by atoms with E-state index >= 15 is 0 Å². The average Bonchev–Trinajstić information content (AvgIpc) is 2.79. The second kappa shape index (κ2) is 10.6. The topological polar surface area (TPSA) is 81.5 Å². The van der Waals surface area contributed by atoms with Gasteiger partial charge in [0.25, 0.3) is 0 Å². The highest BCUT2D eigenvalue weighted by atomic mass is 32.2. The van der Waals surface area contributed by atoms with Crippen molar-refractivity contribution in [1.29, 1.82) is 5.26 Å². The van der Waals surface area contributed by atoms with Crippen molar-refractivity contribution in [3.05, 3.63) is 65.0 Å². The average molecular weight is 458 g/mol. The van der Waals surface area contributed by atoms with E-state index in [1.54, 1.807) is 36.1 Å². The minimum absolute atomic E-state index is 0.0207. The van der Waals surface area contributed by atoms with Gasteiger partial charge in [-0.25, -0.2) is 12.8 Å². The molecule has 2 aromatic carbocycles. The molecule has 0 spiro atoms. The Kier molecular flexibility index (Phi) is 7.86. The molecule has 6 nitrogen and oxygen atoms in total. The first-order valence-corrected chi connectivity index (χ1v) is 12.4. The maximum atomic E-state index is 13.3. The van der Waals surface area contributed by atoms with Gasteiger partial charge in [-0.15, -0.1) is 0 Å². The van der Waals surface area contributed by atoms with Crippen LogP contribution in [-0.2, 0) is 27.8 Å². The first-order chi connectivity index (χ1) is 15.4. The van der Waals surface area contributed by atoms with Crippen LogP contribution in [0.5, 0.6) is 0 Å². The highest BCUT2D eigenvalue weighted by molar-refractivity contribution is 7.92. The van der Waals surface area contributed by atoms with Gasteiger partial charge >= 0.3 is 0 Å². The van der Waals surface area contributed by atoms with Crippen LogP contribution in [0.25, 0.3) is 0 Å². The Balaban J connectivity index is 1.87. The van der Waals surface area contributed by atoms with Gasteiger partial charge in [-0.2, -0.15) is 5.26 Å². The van der Waals surface area contributed by atoms with Gasteiger partial charge < -0.3 is 4.90 Å². The highest BCUT2D eigenvalue weighted by Crippen LogP contribution is 2.28. The quantitative estimate of drug-likeness (QED) is 0.536. The summed E-state index contributed by atoms with van der Waals surface area (Å²) in [6, 6.07) is 13.2. The smallest absolute Gasteiger partial charge is 0.235 e. The molecule has 1 fully saturated rings. The van der Waals surface area contributed by atoms with Gasteiger partial charge in [0, 0.05) is 13.1 Å². The van der Waals surface area contributed by atoms with Crippen molar-refractivity contribution < 1.29 is 17.6 Å². The van der Waals surface area contributed by atoms with E-state index < -0.39 is 10.0 Å². The third-order valence-corrected chi connectivity index (χ3v) is 7.78. The number of amides is 1. The lowest BCUT2D eigenvalue weighted by molar-refractivity contribution is -0.119. The zero-order valence-corrected chi connectivity index (χ0v) is 19.0. The minimum Gasteiger partial charge on any atom is -0.345 e. The Labute approximate surface area is 189 Å². The number of hydrogen-bond donors (Lipinski definition) is 0. The second-order valence-corrected chi connectivity index (χ2v) is 10.2. The molecule has 0 aromatic heterocycles. The summed E-state index contributed by atoms with van der Waals surface area (Å²) >= 11 is 0. The molecular weight excluding hydrogens is 429 g/mol. The number of piperidine rings is 1. The summed E-state index contributed by atoms with van der Waals surface area (Å²) in [5.41, 5.74) is 2.43. The first-order valence-electron chi connectivity index (χ1n) is 10.8. The molecule has 0 radical (unpaired) electrons. The van der Waals surface area contributed by atoms with E-state index in [9.17, 15) is 22.9 Å². The van der Waals surface area contributed by atoms with Gasteiger partial charge in [0.1, 0.15) is 5.82 Å². The molecule has 0 atom stereocenters. The molecule has 3 rings (SSSR count). The number of anilines is 1. The largest absolute Gasteiger partial charge is 0.345 e. The van der Waals surface area contributed by atoms with Gasteiger partial charge in [-0.05, 0) is 67.0 Å². The maximum Gasteiger partial charge on any atom is 0.235 e. The third kappa shape index (κ3) is 5.86. The van der Waals surface area contributed by atoms with Crippen LogP contribution in [0.2, 0.25) is 0 Å². The lowest BCUT2D eigenvalue weighted by Crippen LogP contribution is -2.33. The number of carbonyl (C=O) groups is 1. The third-order valence-electron chi connectivity index (χ3n) is 5.85. The summed E-state index contributed by atoms with van der Waals surface area (Å²) in [7, 11) is -3.62. The molecule has 1 heterocycles. The fourth-order valence-electron chi connectivity index (χ4n) is 4.05. The van der Waals surface area contributed by atoms with Crippen molar-refractivity contribution in [2.24, 2.45) is 5.92 Å². The number of carbonyl (C=O) groups excluding carboxylic acids is 1. The van der Waals surface area contributed by atoms with E-state index in [0.717, 1.165) is 44.3 Å². The number of likely N-dealkylation sites (tertiary alicyclic amines) is 1. The van der Waals surface area contributed by atoms with Crippen LogP contribution in [0.15, 0.2) is 42.5 Å². The van der Waals surface area contributed by atoms with Crippen LogP contribution in [0, 0.1) is 23.1 Å². The van der Waals surface area contributed by atoms with Crippen LogP contribution in [-0.4, -0.2) is 38.6 Å². The van der Waals surface area contributed by atoms with Crippen LogP contribution >= 0.6 is 0 Å². The van der Waals surface area contributed by atoms with Gasteiger partial charge in [-0.1, -0.05) is 25.1 Å². The minimum atomic E-state index is -3.62. The molecule has 1 aliphatic heterocycles. The highest BCUT2D eigenvalue weighted by Gasteiger charge is 2.24. The zero-order valence-electron chi connectivity index (χ0n) is 18.2. The Hall–Kier alpha value is -2.92. The summed E-state index contributed by atoms with van der Waals surface area (Å²) in [4.78, 5) is 12.7. The van der Waals surface area contributed by atoms with Crippen molar-refractivity contribution in [2.75, 3.05) is 23.1 Å². The van der Waals surface area contributed by atoms with Gasteiger partial charge in [0.15, 0.2) is 0 Å². The molecule has 0 bridgehead atoms. The lowest BCUT2D eigenvalue weighted by Gasteiger charge is -2.29. The standard InChI is InChI=1S/C24H28FN3O3S/c1-2-13-32(30,31)28(17-20-3-6-23(25)7-4-20)24-8-5-21(22(15-24)16-26)14-19-9-11-27(18-29)12-10-19/h3-8,15,18-19H,2,9-14,17H2,1H3. The number of rotatable bonds is 9. The number of sulfonamides is 1. The van der Waals surface area contributed by atoms with E-state index in [2.05, 4.69) is 6.07 Å². The van der Waals surface area contributed by atoms with Crippen molar-refractivity contribution in [3.63, 3.8) is 0 Å². The Morgan fingerprint density at radius 3 is 2.47 bits per heavy atom. The van der Waals surface area contributed by atoms with E-state index in [1.807, 2.05) is 6.07 Å². The molecule has 1 saturated heterocycles. The van der Waals surface area contributed by atoms with Crippen molar-refractivity contribution in [1.82, 2.24) is 4.90 Å². The van der Waals surface area contributed by atoms with Crippen molar-refractivity contribution in [2.45, 2.75) is 39.2 Å². The first kappa shape index (κ1) is 23.7. The lowest BCUT2D eigenvalue weighted by atomic mass is 9.88. The molecule has 0 aliphatic carbocycles. The number of nitriles is 1. The van der Waals surface area contributed by atoms with E-state index in [0.29, 0.717) is 29.2 Å². The Bertz CT molecular complexity index is 1070. The van der Waals surface area contributed by atoms with Crippen LogP contribution in [0.3, 0.4) is 0 Å². The van der Waals surface area contributed by atoms with E-state index in [4.69, 9.17) is 0 Å². The number of benzene rings is 2. The molecular formula is C24H28FN3O3S. The van der Waals surface area contributed by atoms with Gasteiger partial charge in [0.2, 0.25) is 16.4 Å². The SMILES string of the molecule is CCCS(=O)(=O)N(Cc1ccc(F)cc1)c1ccc(CC2CCN(C=O)CC2)c(C#N)c1. The summed E-state index contributed by atoms with van der Waals surface area (Å²) in [6.45, 7) is 3.30. The molecule has 1 amide bonds. The van der Waals surface area contributed by atoms with Crippen LogP contribution in [0.4, 0.5) is 10.1 Å². The molecule has 8 heteroatoms. The number of nitrogens with zero attached hydrogens (tertiary/aromatic N) is 3. The maximum absolute atomic E-state index is 13.3. The molecule has 0 saturated carbocycles. The number of hydrogen-bond acceptors (Lipinski definition) is 4. The zero-order chi connectivity index (χ0) is 23.1. The summed E-state index contributed by atoms with van der Waals surface area (Å²) in [5.74, 6) is -0.0252. The summed E-state index contributed by atoms with van der Waals surface area (Å²) in [6.07, 6.45) is 3.82. The van der Waals surface area contributed by atoms with E-state index in [1.165, 1.54) is 16.4 Å². The van der Waals surface area contributed by atoms with Crippen LogP contribution in [0.1, 0.15) is 42.9 Å². The molecule has 0 N–H and O–H groups in total. The summed E-state index contributed by atoms with van der Waals surface area (Å²) < 4.78 is 40.6. The fourth-order valence-corrected chi connectivity index (χ4v) is 5.57. The molecule has 1 aliphatic rings. The Morgan fingerprint density at radius 1 is 1.19 bits per heavy atom. The summed E-state index contributed by atoms with van der Waals surface area (Å²) in [5, 5.41) is 9.75. The van der Waals surface area contributed by atoms with Crippen LogP contribution < -0.4 is 4.31 Å². The second-order valence-electron chi connectivity index (χ2n) is 8.19. The molecule has 32 heavy (non-hydrogen) atoms. The predicted molar refractivity (Wildman–Crippen MR) is 122 cm³/mol. The predicted octanol–water partition coefficient (Wildman–Crippen LogP) is 3.85. The normalized spacial score (nSPS) is 14.7. The van der Waals surface area contributed by atoms with Crippen molar-refractivity contribution >= 4 is 22.1 Å². The van der Waals surface area contributed by atoms with Gasteiger partial charge in [0.05, 0.1) is 29.6 Å². The molecule has 170 valence electrons. The van der Waals surface area contributed by atoms with E-state index in [-0.39, 0.29) is 18.1 Å². The fraction of sp³-hybridized carbons (Fsp3) is 0.417. The Morgan fingerprint density at radius 2 is 1.88 bits per heavy atom. The molecule has 2 aromatic rings. The van der Waals surface area contributed by atoms with Gasteiger partial charge in [-0.3, -0.25) is 9.10 Å².